The molecule has 110 valence electrons. The summed E-state index contributed by atoms with van der Waals surface area (Å²) in [6, 6.07) is 9.20. The van der Waals surface area contributed by atoms with Gasteiger partial charge in [0.05, 0.1) is 11.9 Å². The molecule has 0 unspecified atom stereocenters. The maximum Gasteiger partial charge on any atom is 0.256 e. The van der Waals surface area contributed by atoms with Gasteiger partial charge in [0.25, 0.3) is 5.91 Å². The second-order valence-corrected chi connectivity index (χ2v) is 4.54. The normalized spacial score (nSPS) is 10.2. The first-order chi connectivity index (χ1) is 10.1. The van der Waals surface area contributed by atoms with Gasteiger partial charge in [-0.3, -0.25) is 4.79 Å². The van der Waals surface area contributed by atoms with Crippen LogP contribution in [0.25, 0.3) is 0 Å². The van der Waals surface area contributed by atoms with Crippen LogP contribution >= 0.6 is 0 Å². The molecule has 5 heteroatoms. The summed E-state index contributed by atoms with van der Waals surface area (Å²) in [5, 5.41) is 2.65. The summed E-state index contributed by atoms with van der Waals surface area (Å²) in [4.78, 5) is 18.3. The van der Waals surface area contributed by atoms with Gasteiger partial charge in [0.1, 0.15) is 11.6 Å². The van der Waals surface area contributed by atoms with E-state index in [1.54, 1.807) is 18.3 Å². The lowest BCUT2D eigenvalue weighted by Crippen LogP contribution is -2.22. The van der Waals surface area contributed by atoms with Gasteiger partial charge in [-0.2, -0.15) is 0 Å². The van der Waals surface area contributed by atoms with Gasteiger partial charge in [-0.05, 0) is 44.2 Å². The molecule has 1 heterocycles. The van der Waals surface area contributed by atoms with Gasteiger partial charge in [0.2, 0.25) is 0 Å². The van der Waals surface area contributed by atoms with E-state index in [2.05, 4.69) is 29.0 Å². The average Bonchev–Trinajstić information content (AvgIpc) is 2.50. The molecule has 0 aliphatic heterocycles. The molecular weight excluding hydrogens is 269 g/mol. The van der Waals surface area contributed by atoms with Crippen molar-refractivity contribution in [2.75, 3.05) is 23.3 Å². The second-order valence-electron chi connectivity index (χ2n) is 4.54. The van der Waals surface area contributed by atoms with Crippen molar-refractivity contribution >= 4 is 17.4 Å². The Bertz CT molecular complexity index is 609. The zero-order valence-corrected chi connectivity index (χ0v) is 12.1. The lowest BCUT2D eigenvalue weighted by molar-refractivity contribution is 0.102. The van der Waals surface area contributed by atoms with Gasteiger partial charge in [-0.15, -0.1) is 0 Å². The molecule has 1 amide bonds. The van der Waals surface area contributed by atoms with Crippen LogP contribution < -0.4 is 10.2 Å². The van der Waals surface area contributed by atoms with Crippen LogP contribution in [-0.4, -0.2) is 24.0 Å². The van der Waals surface area contributed by atoms with Crippen LogP contribution in [-0.2, 0) is 0 Å². The van der Waals surface area contributed by atoms with Crippen molar-refractivity contribution in [3.8, 4) is 0 Å². The first-order valence-electron chi connectivity index (χ1n) is 6.92. The number of halogens is 1. The number of rotatable bonds is 5. The molecule has 2 rings (SSSR count). The number of amides is 1. The van der Waals surface area contributed by atoms with Gasteiger partial charge in [0, 0.05) is 18.7 Å². The molecule has 0 spiro atoms. The molecule has 1 N–H and O–H groups in total. The van der Waals surface area contributed by atoms with Crippen molar-refractivity contribution in [3.05, 3.63) is 54.0 Å². The summed E-state index contributed by atoms with van der Waals surface area (Å²) in [5.41, 5.74) is 1.27. The first kappa shape index (κ1) is 15.0. The molecule has 4 nitrogen and oxygen atoms in total. The monoisotopic (exact) mass is 287 g/mol. The third kappa shape index (κ3) is 3.78. The summed E-state index contributed by atoms with van der Waals surface area (Å²) in [6.45, 7) is 5.94. The van der Waals surface area contributed by atoms with Crippen molar-refractivity contribution in [1.82, 2.24) is 4.98 Å². The number of nitrogens with one attached hydrogen (secondary N) is 1. The summed E-state index contributed by atoms with van der Waals surface area (Å²) >= 11 is 0. The lowest BCUT2D eigenvalue weighted by atomic mass is 10.2. The Kier molecular flexibility index (Phi) is 4.87. The molecule has 0 bridgehead atoms. The van der Waals surface area contributed by atoms with Crippen LogP contribution in [0.3, 0.4) is 0 Å². The maximum atomic E-state index is 13.1. The fourth-order valence-corrected chi connectivity index (χ4v) is 2.05. The average molecular weight is 287 g/mol. The third-order valence-corrected chi connectivity index (χ3v) is 3.20. The number of carbonyl (C=O) groups excluding carboxylic acids is 1. The van der Waals surface area contributed by atoms with Gasteiger partial charge >= 0.3 is 0 Å². The molecular formula is C16H18FN3O. The number of benzene rings is 1. The molecule has 0 fully saturated rings. The van der Waals surface area contributed by atoms with E-state index in [1.165, 1.54) is 18.2 Å². The molecule has 0 aliphatic rings. The zero-order valence-electron chi connectivity index (χ0n) is 12.1. The molecule has 0 aliphatic carbocycles. The van der Waals surface area contributed by atoms with Gasteiger partial charge in [-0.25, -0.2) is 9.37 Å². The molecule has 0 saturated heterocycles. The summed E-state index contributed by atoms with van der Waals surface area (Å²) in [7, 11) is 0. The van der Waals surface area contributed by atoms with Crippen LogP contribution in [0, 0.1) is 5.82 Å². The minimum Gasteiger partial charge on any atom is -0.371 e. The Morgan fingerprint density at radius 1 is 1.24 bits per heavy atom. The number of carbonyl (C=O) groups is 1. The second kappa shape index (κ2) is 6.83. The highest BCUT2D eigenvalue weighted by Crippen LogP contribution is 2.15. The van der Waals surface area contributed by atoms with Crippen molar-refractivity contribution < 1.29 is 9.18 Å². The number of hydrogen-bond donors (Lipinski definition) is 1. The van der Waals surface area contributed by atoms with E-state index in [0.29, 0.717) is 5.82 Å². The molecule has 0 radical (unpaired) electrons. The smallest absolute Gasteiger partial charge is 0.256 e. The van der Waals surface area contributed by atoms with E-state index in [4.69, 9.17) is 0 Å². The van der Waals surface area contributed by atoms with Crippen LogP contribution in [0.1, 0.15) is 24.2 Å². The summed E-state index contributed by atoms with van der Waals surface area (Å²) in [5.74, 6) is -0.370. The minimum absolute atomic E-state index is 0.268. The quantitative estimate of drug-likeness (QED) is 0.917. The first-order valence-corrected chi connectivity index (χ1v) is 6.92. The molecule has 21 heavy (non-hydrogen) atoms. The molecule has 0 saturated carbocycles. The van der Waals surface area contributed by atoms with Gasteiger partial charge in [0.15, 0.2) is 0 Å². The van der Waals surface area contributed by atoms with E-state index >= 15 is 0 Å². The number of nitrogens with zero attached hydrogens (tertiary/aromatic N) is 2. The van der Waals surface area contributed by atoms with Crippen molar-refractivity contribution in [2.24, 2.45) is 0 Å². The third-order valence-electron chi connectivity index (χ3n) is 3.20. The van der Waals surface area contributed by atoms with Gasteiger partial charge < -0.3 is 10.2 Å². The standard InChI is InChI=1S/C16H18FN3O/c1-3-20(4-2)14-8-9-15(18-11-14)19-16(21)12-6-5-7-13(17)10-12/h5-11H,3-4H2,1-2H3,(H,18,19,21). The molecule has 0 atom stereocenters. The number of aromatic nitrogens is 1. The zero-order chi connectivity index (χ0) is 15.2. The SMILES string of the molecule is CCN(CC)c1ccc(NC(=O)c2cccc(F)c2)nc1. The largest absolute Gasteiger partial charge is 0.371 e. The highest BCUT2D eigenvalue weighted by molar-refractivity contribution is 6.03. The Hall–Kier alpha value is -2.43. The van der Waals surface area contributed by atoms with E-state index in [-0.39, 0.29) is 11.5 Å². The van der Waals surface area contributed by atoms with Crippen LogP contribution in [0.15, 0.2) is 42.6 Å². The molecule has 1 aromatic heterocycles. The maximum absolute atomic E-state index is 13.1. The van der Waals surface area contributed by atoms with Crippen LogP contribution in [0.2, 0.25) is 0 Å². The van der Waals surface area contributed by atoms with E-state index in [1.807, 2.05) is 6.07 Å². The topological polar surface area (TPSA) is 45.2 Å². The fourth-order valence-electron chi connectivity index (χ4n) is 2.05. The number of anilines is 2. The highest BCUT2D eigenvalue weighted by atomic mass is 19.1. The van der Waals surface area contributed by atoms with Gasteiger partial charge in [-0.1, -0.05) is 6.07 Å². The van der Waals surface area contributed by atoms with Crippen LogP contribution in [0.4, 0.5) is 15.9 Å². The molecule has 2 aromatic rings. The van der Waals surface area contributed by atoms with Crippen molar-refractivity contribution in [2.45, 2.75) is 13.8 Å². The predicted octanol–water partition coefficient (Wildman–Crippen LogP) is 3.32. The highest BCUT2D eigenvalue weighted by Gasteiger charge is 2.08. The van der Waals surface area contributed by atoms with E-state index in [9.17, 15) is 9.18 Å². The lowest BCUT2D eigenvalue weighted by Gasteiger charge is -2.20. The summed E-state index contributed by atoms with van der Waals surface area (Å²) < 4.78 is 13.1. The summed E-state index contributed by atoms with van der Waals surface area (Å²) in [6.07, 6.45) is 1.72. The van der Waals surface area contributed by atoms with Crippen LogP contribution in [0.5, 0.6) is 0 Å². The Morgan fingerprint density at radius 2 is 2.00 bits per heavy atom. The Labute approximate surface area is 123 Å². The predicted molar refractivity (Wildman–Crippen MR) is 82.2 cm³/mol. The fraction of sp³-hybridized carbons (Fsp3) is 0.250. The minimum atomic E-state index is -0.438. The number of pyridine rings is 1. The Morgan fingerprint density at radius 3 is 2.57 bits per heavy atom. The van der Waals surface area contributed by atoms with Crippen molar-refractivity contribution in [3.63, 3.8) is 0 Å². The van der Waals surface area contributed by atoms with E-state index < -0.39 is 5.82 Å². The van der Waals surface area contributed by atoms with Crippen molar-refractivity contribution in [1.29, 1.82) is 0 Å². The molecule has 1 aromatic carbocycles. The Balaban J connectivity index is 2.08. The number of hydrogen-bond acceptors (Lipinski definition) is 3. The van der Waals surface area contributed by atoms with E-state index in [0.717, 1.165) is 18.8 Å².